The molecule has 0 spiro atoms. The van der Waals surface area contributed by atoms with Gasteiger partial charge in [0.1, 0.15) is 29.7 Å². The van der Waals surface area contributed by atoms with Crippen LogP contribution in [-0.2, 0) is 11.2 Å². The van der Waals surface area contributed by atoms with E-state index in [4.69, 9.17) is 10.4 Å². The predicted molar refractivity (Wildman–Crippen MR) is 73.6 cm³/mol. The maximum Gasteiger partial charge on any atom is 0.322 e. The third-order valence-electron chi connectivity index (χ3n) is 3.19. The molecular formula is C14H10F4N4O2. The van der Waals surface area contributed by atoms with Gasteiger partial charge in [0.25, 0.3) is 0 Å². The molecule has 0 amide bonds. The Balaban J connectivity index is 2.72. The minimum Gasteiger partial charge on any atom is -0.480 e. The first-order valence-electron chi connectivity index (χ1n) is 6.62. The Kier molecular flexibility index (Phi) is 4.73. The maximum absolute atomic E-state index is 14.2. The van der Waals surface area contributed by atoms with Crippen molar-refractivity contribution in [2.24, 2.45) is 0 Å². The lowest BCUT2D eigenvalue weighted by Gasteiger charge is -2.13. The van der Waals surface area contributed by atoms with E-state index in [1.165, 1.54) is 6.92 Å². The first-order chi connectivity index (χ1) is 11.3. The molecule has 0 bridgehead atoms. The maximum atomic E-state index is 14.2. The van der Waals surface area contributed by atoms with Crippen LogP contribution in [0.5, 0.6) is 0 Å². The van der Waals surface area contributed by atoms with Crippen LogP contribution in [0.25, 0.3) is 5.69 Å². The van der Waals surface area contributed by atoms with Gasteiger partial charge in [-0.1, -0.05) is 6.92 Å². The number of nitriles is 1. The Morgan fingerprint density at radius 1 is 1.29 bits per heavy atom. The molecule has 2 N–H and O–H groups in total. The fourth-order valence-electron chi connectivity index (χ4n) is 2.09. The number of hydrogen-bond donors (Lipinski definition) is 2. The van der Waals surface area contributed by atoms with Crippen molar-refractivity contribution in [1.29, 1.82) is 5.26 Å². The van der Waals surface area contributed by atoms with Crippen LogP contribution in [0.4, 0.5) is 23.4 Å². The van der Waals surface area contributed by atoms with Crippen LogP contribution < -0.4 is 5.32 Å². The van der Waals surface area contributed by atoms with E-state index < -0.39 is 52.9 Å². The summed E-state index contributed by atoms with van der Waals surface area (Å²) < 4.78 is 56.7. The molecule has 0 radical (unpaired) electrons. The van der Waals surface area contributed by atoms with Gasteiger partial charge in [-0.05, 0) is 6.42 Å². The van der Waals surface area contributed by atoms with E-state index in [0.29, 0.717) is 4.68 Å². The second-order valence-electron chi connectivity index (χ2n) is 4.61. The van der Waals surface area contributed by atoms with Crippen molar-refractivity contribution in [2.45, 2.75) is 13.3 Å². The van der Waals surface area contributed by atoms with Gasteiger partial charge in [-0.3, -0.25) is 4.79 Å². The van der Waals surface area contributed by atoms with Crippen LogP contribution in [0.2, 0.25) is 0 Å². The van der Waals surface area contributed by atoms with Crippen molar-refractivity contribution in [3.05, 3.63) is 40.6 Å². The average Bonchev–Trinajstić information content (AvgIpc) is 2.94. The van der Waals surface area contributed by atoms with Gasteiger partial charge in [-0.15, -0.1) is 0 Å². The molecule has 0 saturated carbocycles. The Labute approximate surface area is 132 Å². The monoisotopic (exact) mass is 342 g/mol. The highest BCUT2D eigenvalue weighted by atomic mass is 19.2. The van der Waals surface area contributed by atoms with Crippen molar-refractivity contribution < 1.29 is 27.5 Å². The molecule has 0 aliphatic rings. The second kappa shape index (κ2) is 6.57. The molecule has 126 valence electrons. The van der Waals surface area contributed by atoms with E-state index in [1.807, 2.05) is 0 Å². The molecular weight excluding hydrogens is 332 g/mol. The standard InChI is InChI=1S/C14H10F4N4O2/c1-2-7-9(15)11(17)13(12(18)10(7)16)22-14(20-5-8(23)24)6(3-19)4-21-22/h4,20H,2,5H2,1H3,(H,23,24). The average molecular weight is 342 g/mol. The molecule has 0 saturated heterocycles. The van der Waals surface area contributed by atoms with Gasteiger partial charge in [0, 0.05) is 5.56 Å². The normalized spacial score (nSPS) is 10.5. The zero-order valence-electron chi connectivity index (χ0n) is 12.2. The molecule has 0 fully saturated rings. The minimum atomic E-state index is -1.70. The molecule has 6 nitrogen and oxygen atoms in total. The number of hydrogen-bond acceptors (Lipinski definition) is 4. The zero-order valence-corrected chi connectivity index (χ0v) is 12.2. The summed E-state index contributed by atoms with van der Waals surface area (Å²) in [5.74, 6) is -8.28. The lowest BCUT2D eigenvalue weighted by Crippen LogP contribution is -2.18. The van der Waals surface area contributed by atoms with Crippen LogP contribution in [-0.4, -0.2) is 27.4 Å². The van der Waals surface area contributed by atoms with E-state index in [0.717, 1.165) is 6.20 Å². The molecule has 2 aromatic rings. The highest BCUT2D eigenvalue weighted by Crippen LogP contribution is 2.30. The molecule has 1 aromatic carbocycles. The number of nitrogens with zero attached hydrogens (tertiary/aromatic N) is 3. The van der Waals surface area contributed by atoms with Crippen LogP contribution in [0.15, 0.2) is 6.20 Å². The molecule has 1 heterocycles. The number of rotatable bonds is 5. The predicted octanol–water partition coefficient (Wildman–Crippen LogP) is 2.36. The van der Waals surface area contributed by atoms with Crippen molar-refractivity contribution in [1.82, 2.24) is 9.78 Å². The third kappa shape index (κ3) is 2.76. The molecule has 10 heteroatoms. The molecule has 24 heavy (non-hydrogen) atoms. The largest absolute Gasteiger partial charge is 0.480 e. The number of carbonyl (C=O) groups is 1. The summed E-state index contributed by atoms with van der Waals surface area (Å²) in [6.45, 7) is 0.614. The topological polar surface area (TPSA) is 90.9 Å². The van der Waals surface area contributed by atoms with E-state index in [9.17, 15) is 22.4 Å². The number of nitrogens with one attached hydrogen (secondary N) is 1. The number of aliphatic carboxylic acids is 1. The second-order valence-corrected chi connectivity index (χ2v) is 4.61. The van der Waals surface area contributed by atoms with Gasteiger partial charge in [0.2, 0.25) is 0 Å². The highest BCUT2D eigenvalue weighted by Gasteiger charge is 2.28. The van der Waals surface area contributed by atoms with E-state index >= 15 is 0 Å². The van der Waals surface area contributed by atoms with Crippen molar-refractivity contribution >= 4 is 11.8 Å². The van der Waals surface area contributed by atoms with Crippen molar-refractivity contribution in [3.8, 4) is 11.8 Å². The van der Waals surface area contributed by atoms with Crippen LogP contribution in [0.1, 0.15) is 18.1 Å². The first kappa shape index (κ1) is 17.3. The van der Waals surface area contributed by atoms with Crippen LogP contribution in [0, 0.1) is 34.6 Å². The number of aromatic nitrogens is 2. The Bertz CT molecular complexity index is 828. The molecule has 1 aromatic heterocycles. The SMILES string of the molecule is CCc1c(F)c(F)c(-n2ncc(C#N)c2NCC(=O)O)c(F)c1F. The summed E-state index contributed by atoms with van der Waals surface area (Å²) in [6, 6.07) is 1.63. The molecule has 0 unspecified atom stereocenters. The van der Waals surface area contributed by atoms with E-state index in [-0.39, 0.29) is 12.0 Å². The van der Waals surface area contributed by atoms with E-state index in [1.54, 1.807) is 6.07 Å². The Morgan fingerprint density at radius 3 is 2.33 bits per heavy atom. The fourth-order valence-corrected chi connectivity index (χ4v) is 2.09. The van der Waals surface area contributed by atoms with Gasteiger partial charge in [-0.2, -0.15) is 10.4 Å². The van der Waals surface area contributed by atoms with Gasteiger partial charge in [0.05, 0.1) is 6.20 Å². The quantitative estimate of drug-likeness (QED) is 0.643. The smallest absolute Gasteiger partial charge is 0.322 e. The minimum absolute atomic E-state index is 0.254. The summed E-state index contributed by atoms with van der Waals surface area (Å²) in [4.78, 5) is 10.6. The number of benzene rings is 1. The van der Waals surface area contributed by atoms with Gasteiger partial charge in [-0.25, -0.2) is 22.2 Å². The summed E-state index contributed by atoms with van der Waals surface area (Å²) in [5, 5.41) is 23.4. The number of carboxylic acid groups (broad SMARTS) is 1. The van der Waals surface area contributed by atoms with Gasteiger partial charge < -0.3 is 10.4 Å². The number of carboxylic acids is 1. The fraction of sp³-hybridized carbons (Fsp3) is 0.214. The van der Waals surface area contributed by atoms with Crippen molar-refractivity contribution in [2.75, 3.05) is 11.9 Å². The Hall–Kier alpha value is -3.09. The lowest BCUT2D eigenvalue weighted by molar-refractivity contribution is -0.134. The number of halogens is 4. The third-order valence-corrected chi connectivity index (χ3v) is 3.19. The number of anilines is 1. The van der Waals surface area contributed by atoms with Gasteiger partial charge in [0.15, 0.2) is 23.3 Å². The molecule has 0 aliphatic heterocycles. The first-order valence-corrected chi connectivity index (χ1v) is 6.62. The molecule has 0 atom stereocenters. The van der Waals surface area contributed by atoms with Crippen LogP contribution in [0.3, 0.4) is 0 Å². The lowest BCUT2D eigenvalue weighted by atomic mass is 10.1. The zero-order chi connectivity index (χ0) is 18.0. The van der Waals surface area contributed by atoms with E-state index in [2.05, 4.69) is 10.4 Å². The highest BCUT2D eigenvalue weighted by molar-refractivity contribution is 5.73. The Morgan fingerprint density at radius 2 is 1.88 bits per heavy atom. The van der Waals surface area contributed by atoms with Crippen LogP contribution >= 0.6 is 0 Å². The summed E-state index contributed by atoms with van der Waals surface area (Å²) in [6.07, 6.45) is 0.602. The summed E-state index contributed by atoms with van der Waals surface area (Å²) in [5.41, 5.74) is -2.20. The summed E-state index contributed by atoms with van der Waals surface area (Å²) in [7, 11) is 0. The van der Waals surface area contributed by atoms with Crippen molar-refractivity contribution in [3.63, 3.8) is 0 Å². The molecule has 2 rings (SSSR count). The molecule has 0 aliphatic carbocycles. The summed E-state index contributed by atoms with van der Waals surface area (Å²) >= 11 is 0. The van der Waals surface area contributed by atoms with Gasteiger partial charge >= 0.3 is 5.97 Å².